The Balaban J connectivity index is 2.01. The van der Waals surface area contributed by atoms with E-state index in [1.807, 2.05) is 18.4 Å². The van der Waals surface area contributed by atoms with Crippen molar-refractivity contribution in [1.29, 1.82) is 0 Å². The number of hydrogen-bond acceptors (Lipinski definition) is 5. The second-order valence-corrected chi connectivity index (χ2v) is 9.14. The lowest BCUT2D eigenvalue weighted by Gasteiger charge is -2.07. The summed E-state index contributed by atoms with van der Waals surface area (Å²) < 4.78 is 28.3. The molecule has 3 heterocycles. The second-order valence-electron chi connectivity index (χ2n) is 5.52. The predicted molar refractivity (Wildman–Crippen MR) is 102 cm³/mol. The summed E-state index contributed by atoms with van der Waals surface area (Å²) in [5.74, 6) is 0. The predicted octanol–water partition coefficient (Wildman–Crippen LogP) is 4.47. The van der Waals surface area contributed by atoms with Crippen LogP contribution in [-0.4, -0.2) is 22.4 Å². The molecule has 3 aromatic heterocycles. The molecule has 0 amide bonds. The molecule has 0 aliphatic carbocycles. The van der Waals surface area contributed by atoms with Crippen molar-refractivity contribution >= 4 is 48.3 Å². The molecule has 0 radical (unpaired) electrons. The average Bonchev–Trinajstić information content (AvgIpc) is 3.22. The van der Waals surface area contributed by atoms with Crippen molar-refractivity contribution in [2.24, 2.45) is 0 Å². The van der Waals surface area contributed by atoms with E-state index in [9.17, 15) is 8.42 Å². The minimum atomic E-state index is -3.75. The Kier molecular flexibility index (Phi) is 3.98. The molecule has 0 saturated carbocycles. The molecule has 4 rings (SSSR count). The van der Waals surface area contributed by atoms with Crippen molar-refractivity contribution in [3.63, 3.8) is 0 Å². The van der Waals surface area contributed by atoms with Gasteiger partial charge in [0.1, 0.15) is 5.01 Å². The summed E-state index contributed by atoms with van der Waals surface area (Å²) >= 11 is 4.86. The third-order valence-electron chi connectivity index (χ3n) is 3.82. The van der Waals surface area contributed by atoms with Gasteiger partial charge in [0.15, 0.2) is 5.65 Å². The fourth-order valence-corrected chi connectivity index (χ4v) is 4.91. The van der Waals surface area contributed by atoms with Gasteiger partial charge in [-0.05, 0) is 41.1 Å². The van der Waals surface area contributed by atoms with Crippen LogP contribution in [0.5, 0.6) is 0 Å². The van der Waals surface area contributed by atoms with Gasteiger partial charge in [-0.3, -0.25) is 0 Å². The van der Waals surface area contributed by atoms with E-state index in [0.717, 1.165) is 26.0 Å². The van der Waals surface area contributed by atoms with E-state index in [4.69, 9.17) is 0 Å². The van der Waals surface area contributed by atoms with Crippen molar-refractivity contribution < 1.29 is 8.42 Å². The highest BCUT2D eigenvalue weighted by Crippen LogP contribution is 2.34. The summed E-state index contributed by atoms with van der Waals surface area (Å²) in [4.78, 5) is 8.87. The van der Waals surface area contributed by atoms with Gasteiger partial charge in [-0.15, -0.1) is 11.3 Å². The number of nitrogens with zero attached hydrogens (tertiary/aromatic N) is 3. The summed E-state index contributed by atoms with van der Waals surface area (Å²) in [6, 6.07) is 8.64. The van der Waals surface area contributed by atoms with Crippen LogP contribution in [0.2, 0.25) is 0 Å². The molecular formula is C17H12BrN3O2S2. The summed E-state index contributed by atoms with van der Waals surface area (Å²) in [5.41, 5.74) is 2.13. The number of benzene rings is 1. The third-order valence-corrected chi connectivity index (χ3v) is 6.72. The lowest BCUT2D eigenvalue weighted by Crippen LogP contribution is -2.12. The molecule has 0 fully saturated rings. The van der Waals surface area contributed by atoms with E-state index < -0.39 is 10.0 Å². The molecule has 4 aromatic rings. The number of aryl methyl sites for hydroxylation is 1. The van der Waals surface area contributed by atoms with E-state index in [0.29, 0.717) is 5.65 Å². The molecule has 5 nitrogen and oxygen atoms in total. The van der Waals surface area contributed by atoms with Gasteiger partial charge in [-0.2, -0.15) is 0 Å². The Morgan fingerprint density at radius 3 is 2.60 bits per heavy atom. The van der Waals surface area contributed by atoms with Gasteiger partial charge >= 0.3 is 0 Å². The van der Waals surface area contributed by atoms with Crippen molar-refractivity contribution in [3.05, 3.63) is 64.3 Å². The molecule has 0 saturated heterocycles. The highest BCUT2D eigenvalue weighted by atomic mass is 79.9. The van der Waals surface area contributed by atoms with Gasteiger partial charge in [0, 0.05) is 39.4 Å². The van der Waals surface area contributed by atoms with Crippen LogP contribution in [0, 0.1) is 6.92 Å². The molecule has 0 unspecified atom stereocenters. The Hall–Kier alpha value is -2.03. The van der Waals surface area contributed by atoms with E-state index >= 15 is 0 Å². The number of aromatic nitrogens is 3. The Morgan fingerprint density at radius 2 is 1.92 bits per heavy atom. The first-order chi connectivity index (χ1) is 12.0. The molecule has 0 aliphatic rings. The summed E-state index contributed by atoms with van der Waals surface area (Å²) in [6.07, 6.45) is 4.89. The van der Waals surface area contributed by atoms with Crippen LogP contribution < -0.4 is 0 Å². The van der Waals surface area contributed by atoms with Crippen LogP contribution in [0.4, 0.5) is 0 Å². The highest BCUT2D eigenvalue weighted by Gasteiger charge is 2.23. The maximum absolute atomic E-state index is 13.1. The lowest BCUT2D eigenvalue weighted by molar-refractivity contribution is 0.589. The van der Waals surface area contributed by atoms with Gasteiger partial charge in [0.05, 0.1) is 4.90 Å². The van der Waals surface area contributed by atoms with Crippen LogP contribution in [0.25, 0.3) is 21.6 Å². The molecule has 126 valence electrons. The first-order valence-electron chi connectivity index (χ1n) is 7.35. The third kappa shape index (κ3) is 2.80. The number of hydrogen-bond donors (Lipinski definition) is 0. The Morgan fingerprint density at radius 1 is 1.16 bits per heavy atom. The van der Waals surface area contributed by atoms with Gasteiger partial charge in [-0.25, -0.2) is 22.4 Å². The first kappa shape index (κ1) is 16.4. The van der Waals surface area contributed by atoms with Gasteiger partial charge in [-0.1, -0.05) is 17.7 Å². The number of halogens is 1. The van der Waals surface area contributed by atoms with Crippen LogP contribution in [0.15, 0.2) is 63.7 Å². The van der Waals surface area contributed by atoms with Crippen LogP contribution in [0.1, 0.15) is 5.56 Å². The highest BCUT2D eigenvalue weighted by molar-refractivity contribution is 9.10. The Labute approximate surface area is 157 Å². The largest absolute Gasteiger partial charge is 0.269 e. The van der Waals surface area contributed by atoms with E-state index in [1.54, 1.807) is 42.9 Å². The van der Waals surface area contributed by atoms with Gasteiger partial charge in [0.25, 0.3) is 10.0 Å². The monoisotopic (exact) mass is 433 g/mol. The minimum absolute atomic E-state index is 0.227. The normalized spacial score (nSPS) is 11.9. The van der Waals surface area contributed by atoms with Crippen LogP contribution >= 0.6 is 27.3 Å². The molecule has 1 aromatic carbocycles. The SMILES string of the molecule is Cc1ccc(S(=O)(=O)n2cc(-c3nccs3)c3cc(Br)cnc32)cc1. The molecule has 8 heteroatoms. The fourth-order valence-electron chi connectivity index (χ4n) is 2.59. The standard InChI is InChI=1S/C17H12BrN3O2S2/c1-11-2-4-13(5-3-11)25(22,23)21-10-15(17-19-6-7-24-17)14-8-12(18)9-20-16(14)21/h2-10H,1H3. The van der Waals surface area contributed by atoms with Crippen molar-refractivity contribution in [2.45, 2.75) is 11.8 Å². The maximum Gasteiger partial charge on any atom is 0.269 e. The summed E-state index contributed by atoms with van der Waals surface area (Å²) in [5, 5.41) is 3.35. The first-order valence-corrected chi connectivity index (χ1v) is 10.5. The van der Waals surface area contributed by atoms with Crippen molar-refractivity contribution in [1.82, 2.24) is 13.9 Å². The van der Waals surface area contributed by atoms with Crippen LogP contribution in [0.3, 0.4) is 0 Å². The molecule has 0 N–H and O–H groups in total. The van der Waals surface area contributed by atoms with Crippen molar-refractivity contribution in [3.8, 4) is 10.6 Å². The van der Waals surface area contributed by atoms with Crippen LogP contribution in [-0.2, 0) is 10.0 Å². The van der Waals surface area contributed by atoms with Gasteiger partial charge < -0.3 is 0 Å². The minimum Gasteiger partial charge on any atom is -0.244 e. The number of fused-ring (bicyclic) bond motifs is 1. The average molecular weight is 434 g/mol. The van der Waals surface area contributed by atoms with E-state index in [-0.39, 0.29) is 4.90 Å². The van der Waals surface area contributed by atoms with E-state index in [1.165, 1.54) is 15.3 Å². The van der Waals surface area contributed by atoms with Crippen molar-refractivity contribution in [2.75, 3.05) is 0 Å². The zero-order chi connectivity index (χ0) is 17.6. The second kappa shape index (κ2) is 6.05. The molecular weight excluding hydrogens is 422 g/mol. The quantitative estimate of drug-likeness (QED) is 0.477. The van der Waals surface area contributed by atoms with Gasteiger partial charge in [0.2, 0.25) is 0 Å². The summed E-state index contributed by atoms with van der Waals surface area (Å²) in [6.45, 7) is 1.92. The number of pyridine rings is 1. The number of rotatable bonds is 3. The maximum atomic E-state index is 13.1. The zero-order valence-corrected chi connectivity index (χ0v) is 16.3. The fraction of sp³-hybridized carbons (Fsp3) is 0.0588. The topological polar surface area (TPSA) is 64.8 Å². The molecule has 25 heavy (non-hydrogen) atoms. The zero-order valence-electron chi connectivity index (χ0n) is 13.0. The van der Waals surface area contributed by atoms with E-state index in [2.05, 4.69) is 25.9 Å². The smallest absolute Gasteiger partial charge is 0.244 e. The molecule has 0 spiro atoms. The lowest BCUT2D eigenvalue weighted by atomic mass is 10.2. The summed E-state index contributed by atoms with van der Waals surface area (Å²) in [7, 11) is -3.75. The molecule has 0 bridgehead atoms. The Bertz CT molecular complexity index is 1160. The molecule has 0 aliphatic heterocycles. The molecule has 0 atom stereocenters. The number of thiazole rings is 1.